The molecule has 0 unspecified atom stereocenters. The molecule has 3 heterocycles. The molecule has 0 fully saturated rings. The fourth-order valence-electron chi connectivity index (χ4n) is 3.83. The van der Waals surface area contributed by atoms with Gasteiger partial charge in [-0.1, -0.05) is 30.3 Å². The summed E-state index contributed by atoms with van der Waals surface area (Å²) in [6.45, 7) is 0. The number of furan rings is 1. The van der Waals surface area contributed by atoms with Gasteiger partial charge in [0.1, 0.15) is 11.1 Å². The molecule has 6 rings (SSSR count). The van der Waals surface area contributed by atoms with Gasteiger partial charge in [-0.15, -0.1) is 0 Å². The third-order valence-electron chi connectivity index (χ3n) is 4.93. The second kappa shape index (κ2) is 3.97. The molecule has 0 radical (unpaired) electrons. The van der Waals surface area contributed by atoms with Gasteiger partial charge in [0.15, 0.2) is 5.58 Å². The summed E-state index contributed by atoms with van der Waals surface area (Å²) in [6, 6.07) is 20.7. The van der Waals surface area contributed by atoms with E-state index in [2.05, 4.69) is 58.5 Å². The van der Waals surface area contributed by atoms with Gasteiger partial charge >= 0.3 is 0 Å². The molecule has 0 saturated carbocycles. The van der Waals surface area contributed by atoms with Gasteiger partial charge in [0, 0.05) is 17.8 Å². The molecule has 4 heteroatoms. The quantitative estimate of drug-likeness (QED) is 0.401. The van der Waals surface area contributed by atoms with Crippen molar-refractivity contribution in [2.75, 3.05) is 0 Å². The van der Waals surface area contributed by atoms with Crippen LogP contribution in [0.25, 0.3) is 49.8 Å². The van der Waals surface area contributed by atoms with Crippen LogP contribution in [0.15, 0.2) is 65.1 Å². The van der Waals surface area contributed by atoms with Crippen LogP contribution in [0.2, 0.25) is 0 Å². The van der Waals surface area contributed by atoms with E-state index in [4.69, 9.17) is 9.40 Å². The van der Waals surface area contributed by atoms with Crippen molar-refractivity contribution in [1.29, 1.82) is 0 Å². The molecule has 0 aliphatic carbocycles. The van der Waals surface area contributed by atoms with Crippen molar-refractivity contribution < 1.29 is 4.42 Å². The summed E-state index contributed by atoms with van der Waals surface area (Å²) >= 11 is 0. The maximum Gasteiger partial charge on any atom is 0.215 e. The Kier molecular flexibility index (Phi) is 2.02. The number of imidazole rings is 2. The Balaban J connectivity index is 1.98. The standard InChI is InChI=1S/C20H13N3O/c1-22-15-7-3-4-8-16(15)23-18-14(21-20(22)23)11-10-13-12-6-2-5-9-17(12)24-19(13)18/h2-11H,1H3. The summed E-state index contributed by atoms with van der Waals surface area (Å²) in [7, 11) is 2.05. The first kappa shape index (κ1) is 12.2. The maximum atomic E-state index is 6.22. The van der Waals surface area contributed by atoms with Crippen molar-refractivity contribution in [3.63, 3.8) is 0 Å². The normalized spacial score (nSPS) is 12.4. The van der Waals surface area contributed by atoms with Gasteiger partial charge in [0.25, 0.3) is 0 Å². The molecule has 0 atom stereocenters. The van der Waals surface area contributed by atoms with Crippen LogP contribution in [0, 0.1) is 0 Å². The Morgan fingerprint density at radius 1 is 0.833 bits per heavy atom. The van der Waals surface area contributed by atoms with Gasteiger partial charge in [-0.2, -0.15) is 0 Å². The highest BCUT2D eigenvalue weighted by molar-refractivity contribution is 6.14. The highest BCUT2D eigenvalue weighted by atomic mass is 16.3. The number of hydrogen-bond donors (Lipinski definition) is 0. The summed E-state index contributed by atoms with van der Waals surface area (Å²) in [5.41, 5.74) is 6.11. The Morgan fingerprint density at radius 2 is 1.62 bits per heavy atom. The number of benzene rings is 3. The van der Waals surface area contributed by atoms with Crippen molar-refractivity contribution >= 4 is 49.8 Å². The molecule has 0 amide bonds. The van der Waals surface area contributed by atoms with Crippen LogP contribution >= 0.6 is 0 Å². The first-order valence-electron chi connectivity index (χ1n) is 7.99. The molecular weight excluding hydrogens is 298 g/mol. The number of rotatable bonds is 0. The molecule has 0 spiro atoms. The van der Waals surface area contributed by atoms with Gasteiger partial charge in [0.2, 0.25) is 5.78 Å². The minimum Gasteiger partial charge on any atom is -0.454 e. The van der Waals surface area contributed by atoms with Gasteiger partial charge in [-0.25, -0.2) is 4.98 Å². The second-order valence-corrected chi connectivity index (χ2v) is 6.20. The summed E-state index contributed by atoms with van der Waals surface area (Å²) in [5, 5.41) is 2.28. The fraction of sp³-hybridized carbons (Fsp3) is 0.0500. The summed E-state index contributed by atoms with van der Waals surface area (Å²) in [6.07, 6.45) is 0. The van der Waals surface area contributed by atoms with E-state index >= 15 is 0 Å². The molecule has 3 aromatic carbocycles. The predicted octanol–water partition coefficient (Wildman–Crippen LogP) is 4.88. The molecule has 0 N–H and O–H groups in total. The SMILES string of the molecule is Cn1c2ccccc2n2c3c(ccc4c5ccccc5oc43)nc12. The zero-order valence-corrected chi connectivity index (χ0v) is 13.0. The zero-order chi connectivity index (χ0) is 15.8. The largest absolute Gasteiger partial charge is 0.454 e. The van der Waals surface area contributed by atoms with Crippen LogP contribution in [0.1, 0.15) is 0 Å². The number of aromatic nitrogens is 3. The highest BCUT2D eigenvalue weighted by Crippen LogP contribution is 2.35. The van der Waals surface area contributed by atoms with Crippen molar-refractivity contribution in [3.8, 4) is 0 Å². The van der Waals surface area contributed by atoms with E-state index in [0.717, 1.165) is 49.8 Å². The second-order valence-electron chi connectivity index (χ2n) is 6.20. The number of nitrogens with zero attached hydrogens (tertiary/aromatic N) is 3. The molecule has 0 saturated heterocycles. The van der Waals surface area contributed by atoms with Crippen LogP contribution < -0.4 is 0 Å². The average molecular weight is 311 g/mol. The molecule has 24 heavy (non-hydrogen) atoms. The first-order valence-corrected chi connectivity index (χ1v) is 7.99. The summed E-state index contributed by atoms with van der Waals surface area (Å²) in [5.74, 6) is 0.930. The lowest BCUT2D eigenvalue weighted by Crippen LogP contribution is -1.87. The Morgan fingerprint density at radius 3 is 2.54 bits per heavy atom. The zero-order valence-electron chi connectivity index (χ0n) is 13.0. The Hall–Kier alpha value is -3.27. The van der Waals surface area contributed by atoms with Crippen LogP contribution in [-0.4, -0.2) is 14.0 Å². The van der Waals surface area contributed by atoms with Crippen molar-refractivity contribution in [2.24, 2.45) is 7.05 Å². The van der Waals surface area contributed by atoms with Crippen molar-refractivity contribution in [2.45, 2.75) is 0 Å². The van der Waals surface area contributed by atoms with Crippen LogP contribution in [0.3, 0.4) is 0 Å². The Bertz CT molecular complexity index is 1410. The number of fused-ring (bicyclic) bond motifs is 9. The number of para-hydroxylation sites is 3. The topological polar surface area (TPSA) is 35.4 Å². The van der Waals surface area contributed by atoms with Crippen LogP contribution in [0.4, 0.5) is 0 Å². The minimum atomic E-state index is 0.901. The van der Waals surface area contributed by atoms with E-state index in [1.165, 1.54) is 0 Å². The van der Waals surface area contributed by atoms with E-state index in [1.54, 1.807) is 0 Å². The molecule has 0 aliphatic heterocycles. The number of hydrogen-bond acceptors (Lipinski definition) is 2. The summed E-state index contributed by atoms with van der Waals surface area (Å²) in [4.78, 5) is 4.84. The van der Waals surface area contributed by atoms with Crippen LogP contribution in [-0.2, 0) is 7.05 Å². The van der Waals surface area contributed by atoms with Gasteiger partial charge in [-0.3, -0.25) is 4.40 Å². The summed E-state index contributed by atoms with van der Waals surface area (Å²) < 4.78 is 10.6. The van der Waals surface area contributed by atoms with Crippen molar-refractivity contribution in [3.05, 3.63) is 60.7 Å². The molecule has 0 bridgehead atoms. The highest BCUT2D eigenvalue weighted by Gasteiger charge is 2.18. The minimum absolute atomic E-state index is 0.901. The molecule has 114 valence electrons. The average Bonchev–Trinajstić information content (AvgIpc) is 3.25. The van der Waals surface area contributed by atoms with E-state index in [9.17, 15) is 0 Å². The third kappa shape index (κ3) is 1.28. The third-order valence-corrected chi connectivity index (χ3v) is 4.93. The molecule has 0 aliphatic rings. The Labute approximate surface area is 136 Å². The smallest absolute Gasteiger partial charge is 0.215 e. The fourth-order valence-corrected chi connectivity index (χ4v) is 3.83. The predicted molar refractivity (Wildman–Crippen MR) is 96.5 cm³/mol. The molecule has 3 aromatic heterocycles. The van der Waals surface area contributed by atoms with E-state index in [1.807, 2.05) is 18.2 Å². The lowest BCUT2D eigenvalue weighted by Gasteiger charge is -1.96. The molecular formula is C20H13N3O. The van der Waals surface area contributed by atoms with E-state index in [-0.39, 0.29) is 0 Å². The monoisotopic (exact) mass is 311 g/mol. The van der Waals surface area contributed by atoms with Gasteiger partial charge in [0.05, 0.1) is 16.6 Å². The van der Waals surface area contributed by atoms with Crippen molar-refractivity contribution in [1.82, 2.24) is 14.0 Å². The van der Waals surface area contributed by atoms with Gasteiger partial charge in [-0.05, 0) is 30.3 Å². The molecule has 4 nitrogen and oxygen atoms in total. The van der Waals surface area contributed by atoms with Gasteiger partial charge < -0.3 is 8.98 Å². The van der Waals surface area contributed by atoms with E-state index in [0.29, 0.717) is 0 Å². The first-order chi connectivity index (χ1) is 11.8. The number of aryl methyl sites for hydroxylation is 1. The molecule has 6 aromatic rings. The lowest BCUT2D eigenvalue weighted by atomic mass is 10.1. The van der Waals surface area contributed by atoms with Crippen LogP contribution in [0.5, 0.6) is 0 Å². The lowest BCUT2D eigenvalue weighted by molar-refractivity contribution is 0.671. The maximum absolute atomic E-state index is 6.22. The van der Waals surface area contributed by atoms with E-state index < -0.39 is 0 Å².